The van der Waals surface area contributed by atoms with Gasteiger partial charge in [0.2, 0.25) is 0 Å². The number of fused-ring (bicyclic) bond motifs is 1. The molecule has 0 saturated heterocycles. The maximum Gasteiger partial charge on any atom is 0.265 e. The number of hydrogen-bond acceptors (Lipinski definition) is 6. The van der Waals surface area contributed by atoms with Gasteiger partial charge in [0.05, 0.1) is 20.9 Å². The fraction of sp³-hybridized carbons (Fsp3) is 0.174. The number of aromatic nitrogens is 2. The Morgan fingerprint density at radius 3 is 2.44 bits per heavy atom. The number of sulfone groups is 1. The highest BCUT2D eigenvalue weighted by Crippen LogP contribution is 2.26. The highest BCUT2D eigenvalue weighted by atomic mass is 35.5. The molecule has 0 amide bonds. The Kier molecular flexibility index (Phi) is 6.03. The maximum atomic E-state index is 13.1. The summed E-state index contributed by atoms with van der Waals surface area (Å²) in [6.07, 6.45) is -0.0261. The van der Waals surface area contributed by atoms with Crippen molar-refractivity contribution in [1.29, 1.82) is 0 Å². The van der Waals surface area contributed by atoms with Gasteiger partial charge in [-0.25, -0.2) is 13.4 Å². The average Bonchev–Trinajstić information content (AvgIpc) is 3.17. The fourth-order valence-corrected chi connectivity index (χ4v) is 6.32. The molecule has 2 aromatic heterocycles. The minimum atomic E-state index is -3.71. The second kappa shape index (κ2) is 8.61. The van der Waals surface area contributed by atoms with Gasteiger partial charge in [-0.2, -0.15) is 0 Å². The van der Waals surface area contributed by atoms with Crippen LogP contribution >= 0.6 is 22.9 Å². The van der Waals surface area contributed by atoms with Gasteiger partial charge in [-0.1, -0.05) is 35.4 Å². The van der Waals surface area contributed by atoms with Crippen molar-refractivity contribution in [3.63, 3.8) is 0 Å². The largest absolute Gasteiger partial charge is 0.298 e. The molecule has 0 aliphatic carbocycles. The van der Waals surface area contributed by atoms with Crippen molar-refractivity contribution in [3.8, 4) is 5.69 Å². The Bertz CT molecular complexity index is 1500. The zero-order valence-electron chi connectivity index (χ0n) is 17.3. The summed E-state index contributed by atoms with van der Waals surface area (Å²) in [6.45, 7) is 3.68. The van der Waals surface area contributed by atoms with Gasteiger partial charge in [-0.3, -0.25) is 14.2 Å². The number of rotatable bonds is 6. The van der Waals surface area contributed by atoms with E-state index in [0.29, 0.717) is 32.3 Å². The fourth-order valence-electron chi connectivity index (χ4n) is 3.50. The molecule has 4 aromatic rings. The summed E-state index contributed by atoms with van der Waals surface area (Å²) >= 11 is 6.73. The van der Waals surface area contributed by atoms with E-state index in [4.69, 9.17) is 11.6 Å². The lowest BCUT2D eigenvalue weighted by molar-refractivity contribution is -0.116. The molecule has 0 aliphatic rings. The number of aryl methyl sites for hydroxylation is 2. The molecule has 6 nitrogen and oxygen atoms in total. The summed E-state index contributed by atoms with van der Waals surface area (Å²) in [6, 6.07) is 15.4. The Balaban J connectivity index is 1.56. The van der Waals surface area contributed by atoms with E-state index in [9.17, 15) is 18.0 Å². The molecule has 32 heavy (non-hydrogen) atoms. The number of carbonyl (C=O) groups is 1. The highest BCUT2D eigenvalue weighted by molar-refractivity contribution is 7.94. The zero-order chi connectivity index (χ0) is 23.0. The summed E-state index contributed by atoms with van der Waals surface area (Å²) < 4.78 is 26.7. The molecule has 0 spiro atoms. The molecule has 2 heterocycles. The lowest BCUT2D eigenvalue weighted by Crippen LogP contribution is -2.22. The minimum Gasteiger partial charge on any atom is -0.298 e. The number of Topliss-reactive ketones (excluding diaryl/α,β-unsaturated/α-hetero) is 1. The van der Waals surface area contributed by atoms with Crippen LogP contribution < -0.4 is 5.56 Å². The van der Waals surface area contributed by atoms with Crippen LogP contribution in [-0.4, -0.2) is 29.5 Å². The summed E-state index contributed by atoms with van der Waals surface area (Å²) in [5.41, 5.74) is 2.74. The third-order valence-electron chi connectivity index (χ3n) is 4.99. The lowest BCUT2D eigenvalue weighted by atomic mass is 10.1. The van der Waals surface area contributed by atoms with Gasteiger partial charge < -0.3 is 0 Å². The van der Waals surface area contributed by atoms with Crippen molar-refractivity contribution in [1.82, 2.24) is 9.55 Å². The number of ketones is 1. The molecule has 0 aliphatic heterocycles. The molecule has 0 fully saturated rings. The second-order valence-electron chi connectivity index (χ2n) is 7.52. The van der Waals surface area contributed by atoms with Gasteiger partial charge in [-0.15, -0.1) is 11.3 Å². The lowest BCUT2D eigenvalue weighted by Gasteiger charge is -2.12. The van der Waals surface area contributed by atoms with E-state index in [1.807, 2.05) is 25.1 Å². The third-order valence-corrected chi connectivity index (χ3v) is 8.48. The van der Waals surface area contributed by atoms with Crippen molar-refractivity contribution < 1.29 is 13.2 Å². The van der Waals surface area contributed by atoms with Crippen LogP contribution in [0.4, 0.5) is 0 Å². The predicted molar refractivity (Wildman–Crippen MR) is 127 cm³/mol. The first-order chi connectivity index (χ1) is 15.1. The third kappa shape index (κ3) is 4.53. The summed E-state index contributed by atoms with van der Waals surface area (Å²) in [5, 5.41) is 0.536. The van der Waals surface area contributed by atoms with E-state index >= 15 is 0 Å². The van der Waals surface area contributed by atoms with E-state index in [-0.39, 0.29) is 16.2 Å². The van der Waals surface area contributed by atoms with Crippen LogP contribution in [0.2, 0.25) is 4.34 Å². The van der Waals surface area contributed by atoms with Crippen LogP contribution in [0.5, 0.6) is 0 Å². The molecule has 0 atom stereocenters. The molecule has 4 rings (SSSR count). The quantitative estimate of drug-likeness (QED) is 0.405. The Morgan fingerprint density at radius 2 is 1.78 bits per heavy atom. The predicted octanol–water partition coefficient (Wildman–Crippen LogP) is 4.30. The average molecular weight is 487 g/mol. The van der Waals surface area contributed by atoms with Crippen molar-refractivity contribution >= 4 is 49.5 Å². The second-order valence-corrected chi connectivity index (χ2v) is 11.5. The van der Waals surface area contributed by atoms with Gasteiger partial charge in [-0.05, 0) is 55.8 Å². The summed E-state index contributed by atoms with van der Waals surface area (Å²) in [7, 11) is -3.71. The summed E-state index contributed by atoms with van der Waals surface area (Å²) in [4.78, 5) is 30.0. The molecule has 0 saturated carbocycles. The van der Waals surface area contributed by atoms with E-state index in [0.717, 1.165) is 16.9 Å². The molecular formula is C23H19ClN2O4S2. The summed E-state index contributed by atoms with van der Waals surface area (Å²) in [5.74, 6) is -0.452. The van der Waals surface area contributed by atoms with Crippen LogP contribution in [0.3, 0.4) is 0 Å². The van der Waals surface area contributed by atoms with E-state index in [2.05, 4.69) is 4.98 Å². The number of thiophene rings is 1. The zero-order valence-corrected chi connectivity index (χ0v) is 19.7. The van der Waals surface area contributed by atoms with Gasteiger partial charge in [0.1, 0.15) is 15.8 Å². The SMILES string of the molecule is Cc1ccc2nc(C)n(-c3ccc(CC(=O)CS(=O)(=O)c4ccc(Cl)s4)cc3)c(=O)c2c1. The number of benzene rings is 2. The number of nitrogens with zero attached hydrogens (tertiary/aromatic N) is 2. The Hall–Kier alpha value is -2.81. The van der Waals surface area contributed by atoms with Crippen molar-refractivity contribution in [2.75, 3.05) is 5.75 Å². The van der Waals surface area contributed by atoms with Crippen LogP contribution in [0.15, 0.2) is 63.6 Å². The number of carbonyl (C=O) groups excluding carboxylic acids is 1. The van der Waals surface area contributed by atoms with Gasteiger partial charge in [0, 0.05) is 6.42 Å². The molecule has 164 valence electrons. The van der Waals surface area contributed by atoms with Crippen molar-refractivity contribution in [2.45, 2.75) is 24.5 Å². The Morgan fingerprint density at radius 1 is 1.06 bits per heavy atom. The van der Waals surface area contributed by atoms with Crippen molar-refractivity contribution in [3.05, 3.63) is 86.2 Å². The molecule has 2 aromatic carbocycles. The normalized spacial score (nSPS) is 11.7. The van der Waals surface area contributed by atoms with E-state index in [1.165, 1.54) is 16.7 Å². The first-order valence-electron chi connectivity index (χ1n) is 9.73. The maximum absolute atomic E-state index is 13.1. The first kappa shape index (κ1) is 22.4. The molecular weight excluding hydrogens is 468 g/mol. The number of hydrogen-bond donors (Lipinski definition) is 0. The van der Waals surface area contributed by atoms with E-state index < -0.39 is 21.4 Å². The Labute approximate surface area is 194 Å². The smallest absolute Gasteiger partial charge is 0.265 e. The first-order valence-corrected chi connectivity index (χ1v) is 12.6. The standard InChI is InChI=1S/C23H19ClN2O4S2/c1-14-3-8-20-19(11-14)23(28)26(15(2)25-20)17-6-4-16(5-7-17)12-18(27)13-32(29,30)22-10-9-21(24)31-22/h3-11H,12-13H2,1-2H3. The molecule has 0 bridgehead atoms. The topological polar surface area (TPSA) is 86.1 Å². The minimum absolute atomic E-state index is 0.0261. The molecule has 0 radical (unpaired) electrons. The molecule has 0 N–H and O–H groups in total. The van der Waals surface area contributed by atoms with Crippen LogP contribution in [-0.2, 0) is 21.1 Å². The van der Waals surface area contributed by atoms with Gasteiger partial charge in [0.15, 0.2) is 15.6 Å². The van der Waals surface area contributed by atoms with Crippen LogP contribution in [0, 0.1) is 13.8 Å². The monoisotopic (exact) mass is 486 g/mol. The van der Waals surface area contributed by atoms with Gasteiger partial charge >= 0.3 is 0 Å². The van der Waals surface area contributed by atoms with Crippen LogP contribution in [0.1, 0.15) is 17.0 Å². The van der Waals surface area contributed by atoms with Gasteiger partial charge in [0.25, 0.3) is 5.56 Å². The van der Waals surface area contributed by atoms with Crippen LogP contribution in [0.25, 0.3) is 16.6 Å². The molecule has 0 unspecified atom stereocenters. The van der Waals surface area contributed by atoms with E-state index in [1.54, 1.807) is 31.2 Å². The number of halogens is 1. The molecule has 9 heteroatoms. The van der Waals surface area contributed by atoms with Crippen molar-refractivity contribution in [2.24, 2.45) is 0 Å². The highest BCUT2D eigenvalue weighted by Gasteiger charge is 2.21.